The molecule has 0 saturated heterocycles. The van der Waals surface area contributed by atoms with Gasteiger partial charge >= 0.3 is 0 Å². The fourth-order valence-corrected chi connectivity index (χ4v) is 2.71. The van der Waals surface area contributed by atoms with Gasteiger partial charge in [-0.05, 0) is 40.3 Å². The van der Waals surface area contributed by atoms with Crippen molar-refractivity contribution in [3.05, 3.63) is 77.7 Å². The molecule has 2 aromatic heterocycles. The molecule has 7 nitrogen and oxygen atoms in total. The number of para-hydroxylation sites is 1. The van der Waals surface area contributed by atoms with Gasteiger partial charge in [0, 0.05) is 11.8 Å². The fraction of sp³-hybridized carbons (Fsp3) is 0.200. The molecule has 27 heavy (non-hydrogen) atoms. The first kappa shape index (κ1) is 17.1. The molecule has 0 aliphatic rings. The monoisotopic (exact) mass is 361 g/mol. The van der Waals surface area contributed by atoms with Gasteiger partial charge < -0.3 is 9.47 Å². The van der Waals surface area contributed by atoms with Gasteiger partial charge in [0.2, 0.25) is 0 Å². The Bertz CT molecular complexity index is 1000. The van der Waals surface area contributed by atoms with E-state index in [-0.39, 0.29) is 0 Å². The van der Waals surface area contributed by atoms with Gasteiger partial charge in [0.05, 0.1) is 24.4 Å². The second-order valence-corrected chi connectivity index (χ2v) is 6.08. The average Bonchev–Trinajstić information content (AvgIpc) is 3.23. The summed E-state index contributed by atoms with van der Waals surface area (Å²) in [5.74, 6) is 1.51. The van der Waals surface area contributed by atoms with E-state index in [0.29, 0.717) is 26.2 Å². The molecule has 0 aliphatic heterocycles. The van der Waals surface area contributed by atoms with Gasteiger partial charge in [-0.2, -0.15) is 0 Å². The predicted molar refractivity (Wildman–Crippen MR) is 100 cm³/mol. The Labute approximate surface area is 156 Å². The molecule has 0 aliphatic carbocycles. The fourth-order valence-electron chi connectivity index (χ4n) is 2.71. The van der Waals surface area contributed by atoms with Crippen LogP contribution < -0.4 is 4.74 Å². The van der Waals surface area contributed by atoms with Crippen LogP contribution in [0, 0.1) is 0 Å². The number of aromatic amines is 1. The highest BCUT2D eigenvalue weighted by molar-refractivity contribution is 5.78. The lowest BCUT2D eigenvalue weighted by Gasteiger charge is -2.09. The van der Waals surface area contributed by atoms with Crippen molar-refractivity contribution >= 4 is 10.9 Å². The van der Waals surface area contributed by atoms with Crippen LogP contribution in [0.15, 0.2) is 60.7 Å². The number of hydrogen-bond donors (Lipinski definition) is 1. The van der Waals surface area contributed by atoms with Crippen LogP contribution in [0.5, 0.6) is 5.75 Å². The summed E-state index contributed by atoms with van der Waals surface area (Å²) in [6.07, 6.45) is 0.650. The smallest absolute Gasteiger partial charge is 0.150 e. The zero-order chi connectivity index (χ0) is 18.3. The number of aromatic nitrogens is 5. The Balaban J connectivity index is 1.30. The molecule has 4 aromatic rings. The van der Waals surface area contributed by atoms with Crippen molar-refractivity contribution < 1.29 is 9.47 Å². The first-order valence-corrected chi connectivity index (χ1v) is 8.73. The predicted octanol–water partition coefficient (Wildman–Crippen LogP) is 3.09. The molecule has 4 rings (SSSR count). The maximum Gasteiger partial charge on any atom is 0.150 e. The normalized spacial score (nSPS) is 11.0. The highest BCUT2D eigenvalue weighted by atomic mass is 16.5. The van der Waals surface area contributed by atoms with Crippen molar-refractivity contribution in [2.45, 2.75) is 19.6 Å². The summed E-state index contributed by atoms with van der Waals surface area (Å²) >= 11 is 0. The van der Waals surface area contributed by atoms with Crippen LogP contribution in [0.1, 0.15) is 17.1 Å². The Kier molecular flexibility index (Phi) is 5.31. The molecule has 7 heteroatoms. The molecule has 0 atom stereocenters. The number of pyridine rings is 1. The van der Waals surface area contributed by atoms with E-state index >= 15 is 0 Å². The number of hydrogen-bond acceptors (Lipinski definition) is 6. The minimum atomic E-state index is 0.424. The van der Waals surface area contributed by atoms with E-state index in [2.05, 4.69) is 37.7 Å². The van der Waals surface area contributed by atoms with Crippen LogP contribution >= 0.6 is 0 Å². The Hall–Kier alpha value is -3.32. The van der Waals surface area contributed by atoms with Crippen LogP contribution in [0.4, 0.5) is 0 Å². The zero-order valence-electron chi connectivity index (χ0n) is 14.7. The maximum absolute atomic E-state index is 5.90. The average molecular weight is 361 g/mol. The van der Waals surface area contributed by atoms with E-state index in [1.54, 1.807) is 0 Å². The molecule has 1 N–H and O–H groups in total. The van der Waals surface area contributed by atoms with E-state index in [0.717, 1.165) is 33.7 Å². The quantitative estimate of drug-likeness (QED) is 0.485. The molecule has 0 bridgehead atoms. The van der Waals surface area contributed by atoms with Gasteiger partial charge in [-0.25, -0.2) is 10.1 Å². The first-order valence-electron chi connectivity index (χ1n) is 8.73. The van der Waals surface area contributed by atoms with Crippen molar-refractivity contribution in [3.63, 3.8) is 0 Å². The van der Waals surface area contributed by atoms with E-state index in [4.69, 9.17) is 9.47 Å². The second kappa shape index (κ2) is 8.37. The molecular formula is C20H19N5O2. The van der Waals surface area contributed by atoms with Gasteiger partial charge in [-0.1, -0.05) is 36.4 Å². The maximum atomic E-state index is 5.90. The van der Waals surface area contributed by atoms with Crippen LogP contribution in [-0.2, 0) is 24.4 Å². The molecule has 0 fully saturated rings. The number of fused-ring (bicyclic) bond motifs is 1. The number of nitrogens with one attached hydrogen (secondary N) is 1. The molecule has 0 spiro atoms. The molecule has 136 valence electrons. The molecule has 0 saturated carbocycles. The van der Waals surface area contributed by atoms with Crippen LogP contribution in [0.2, 0.25) is 0 Å². The molecule has 0 radical (unpaired) electrons. The first-order chi connectivity index (χ1) is 13.4. The summed E-state index contributed by atoms with van der Waals surface area (Å²) in [5.41, 5.74) is 2.92. The lowest BCUT2D eigenvalue weighted by atomic mass is 10.2. The van der Waals surface area contributed by atoms with Gasteiger partial charge in [-0.3, -0.25) is 0 Å². The SMILES string of the molecule is c1cc(COCCc2nnn[nH]2)cc(OCc2ccc3ccccc3n2)c1. The second-order valence-electron chi connectivity index (χ2n) is 6.08. The minimum absolute atomic E-state index is 0.424. The summed E-state index contributed by atoms with van der Waals surface area (Å²) < 4.78 is 11.6. The summed E-state index contributed by atoms with van der Waals surface area (Å²) in [5, 5.41) is 14.7. The Morgan fingerprint density at radius 1 is 0.926 bits per heavy atom. The molecule has 0 amide bonds. The summed E-state index contributed by atoms with van der Waals surface area (Å²) in [7, 11) is 0. The number of benzene rings is 2. The summed E-state index contributed by atoms with van der Waals surface area (Å²) in [4.78, 5) is 4.63. The van der Waals surface area contributed by atoms with Gasteiger partial charge in [0.1, 0.15) is 12.4 Å². The third-order valence-corrected chi connectivity index (χ3v) is 4.08. The highest BCUT2D eigenvalue weighted by Crippen LogP contribution is 2.17. The van der Waals surface area contributed by atoms with Crippen molar-refractivity contribution in [1.29, 1.82) is 0 Å². The Morgan fingerprint density at radius 3 is 2.81 bits per heavy atom. The lowest BCUT2D eigenvalue weighted by molar-refractivity contribution is 0.122. The molecule has 0 unspecified atom stereocenters. The standard InChI is InChI=1S/C20H19N5O2/c1-2-7-19-16(5-1)8-9-17(21-19)14-27-18-6-3-4-15(12-18)13-26-11-10-20-22-24-25-23-20/h1-9,12H,10-11,13-14H2,(H,22,23,24,25). The number of ether oxygens (including phenoxy) is 2. The molecule has 2 aromatic carbocycles. The third kappa shape index (κ3) is 4.65. The van der Waals surface area contributed by atoms with E-state index in [9.17, 15) is 0 Å². The van der Waals surface area contributed by atoms with E-state index < -0.39 is 0 Å². The van der Waals surface area contributed by atoms with Gasteiger partial charge in [-0.15, -0.1) is 5.10 Å². The van der Waals surface area contributed by atoms with E-state index in [1.165, 1.54) is 0 Å². The minimum Gasteiger partial charge on any atom is -0.487 e. The third-order valence-electron chi connectivity index (χ3n) is 4.08. The van der Waals surface area contributed by atoms with E-state index in [1.807, 2.05) is 48.5 Å². The van der Waals surface area contributed by atoms with Crippen molar-refractivity contribution in [1.82, 2.24) is 25.6 Å². The zero-order valence-corrected chi connectivity index (χ0v) is 14.7. The van der Waals surface area contributed by atoms with Crippen LogP contribution in [0.25, 0.3) is 10.9 Å². The number of rotatable bonds is 8. The lowest BCUT2D eigenvalue weighted by Crippen LogP contribution is -2.02. The van der Waals surface area contributed by atoms with Crippen molar-refractivity contribution in [3.8, 4) is 5.75 Å². The number of H-pyrrole nitrogens is 1. The van der Waals surface area contributed by atoms with Crippen molar-refractivity contribution in [2.75, 3.05) is 6.61 Å². The molecule has 2 heterocycles. The largest absolute Gasteiger partial charge is 0.487 e. The van der Waals surface area contributed by atoms with Gasteiger partial charge in [0.25, 0.3) is 0 Å². The topological polar surface area (TPSA) is 85.8 Å². The number of nitrogens with zero attached hydrogens (tertiary/aromatic N) is 4. The van der Waals surface area contributed by atoms with Crippen molar-refractivity contribution in [2.24, 2.45) is 0 Å². The van der Waals surface area contributed by atoms with Crippen LogP contribution in [0.3, 0.4) is 0 Å². The number of tetrazole rings is 1. The summed E-state index contributed by atoms with van der Waals surface area (Å²) in [6.45, 7) is 1.48. The Morgan fingerprint density at radius 2 is 1.89 bits per heavy atom. The van der Waals surface area contributed by atoms with Gasteiger partial charge in [0.15, 0.2) is 5.82 Å². The highest BCUT2D eigenvalue weighted by Gasteiger charge is 2.02. The summed E-state index contributed by atoms with van der Waals surface area (Å²) in [6, 6.07) is 20.0. The molecular weight excluding hydrogens is 342 g/mol. The van der Waals surface area contributed by atoms with Crippen LogP contribution in [-0.4, -0.2) is 32.2 Å².